The van der Waals surface area contributed by atoms with Crippen LogP contribution in [0, 0.1) is 0 Å². The Bertz CT molecular complexity index is 1310. The van der Waals surface area contributed by atoms with Gasteiger partial charge in [0.2, 0.25) is 5.95 Å². The molecule has 13 nitrogen and oxygen atoms in total. The van der Waals surface area contributed by atoms with Crippen molar-refractivity contribution in [3.05, 3.63) is 44.9 Å². The molecule has 3 heterocycles. The fraction of sp³-hybridized carbons (Fsp3) is 0.312. The molecule has 0 aliphatic carbocycles. The van der Waals surface area contributed by atoms with Gasteiger partial charge in [0.1, 0.15) is 18.3 Å². The van der Waals surface area contributed by atoms with Crippen molar-refractivity contribution in [3.8, 4) is 0 Å². The van der Waals surface area contributed by atoms with Gasteiger partial charge in [0.05, 0.1) is 16.2 Å². The molecule has 17 heteroatoms. The molecule has 7 N–H and O–H groups in total. The second-order valence-electron chi connectivity index (χ2n) is 6.96. The molecule has 4 rings (SSSR count). The molecule has 2 unspecified atom stereocenters. The number of nitrogens with two attached hydrogens (primary N) is 1. The minimum absolute atomic E-state index is 0.0704. The van der Waals surface area contributed by atoms with Gasteiger partial charge < -0.3 is 30.7 Å². The number of halogens is 2. The van der Waals surface area contributed by atoms with Crippen LogP contribution in [-0.4, -0.2) is 63.9 Å². The van der Waals surface area contributed by atoms with Gasteiger partial charge in [-0.2, -0.15) is 4.98 Å². The zero-order valence-corrected chi connectivity index (χ0v) is 19.4. The molecule has 3 aromatic rings. The van der Waals surface area contributed by atoms with E-state index in [-0.39, 0.29) is 27.0 Å². The number of rotatable bonds is 6. The van der Waals surface area contributed by atoms with Crippen molar-refractivity contribution < 1.29 is 33.5 Å². The van der Waals surface area contributed by atoms with Gasteiger partial charge in [-0.3, -0.25) is 18.9 Å². The first-order chi connectivity index (χ1) is 15.5. The maximum absolute atomic E-state index is 12.6. The number of H-pyrrole nitrogens is 1. The highest BCUT2D eigenvalue weighted by atomic mass is 35.5. The monoisotopic (exact) mass is 539 g/mol. The Morgan fingerprint density at radius 1 is 1.33 bits per heavy atom. The lowest BCUT2D eigenvalue weighted by atomic mass is 10.1. The van der Waals surface area contributed by atoms with E-state index in [1.165, 1.54) is 18.2 Å². The van der Waals surface area contributed by atoms with Crippen LogP contribution in [0.2, 0.25) is 10.0 Å². The lowest BCUT2D eigenvalue weighted by Gasteiger charge is -2.24. The quantitative estimate of drug-likeness (QED) is 0.190. The highest BCUT2D eigenvalue weighted by Crippen LogP contribution is 2.55. The predicted molar refractivity (Wildman–Crippen MR) is 118 cm³/mol. The number of fused-ring (bicyclic) bond motifs is 1. The van der Waals surface area contributed by atoms with Crippen LogP contribution in [0.3, 0.4) is 0 Å². The Kier molecular flexibility index (Phi) is 6.77. The molecule has 1 fully saturated rings. The van der Waals surface area contributed by atoms with E-state index in [0.717, 1.165) is 10.9 Å². The van der Waals surface area contributed by atoms with Gasteiger partial charge in [-0.25, -0.2) is 8.95 Å². The van der Waals surface area contributed by atoms with Crippen molar-refractivity contribution in [3.63, 3.8) is 0 Å². The molecule has 1 saturated heterocycles. The average molecular weight is 540 g/mol. The topological polar surface area (TPSA) is 206 Å². The third-order valence-electron chi connectivity index (χ3n) is 4.76. The molecule has 1 aliphatic heterocycles. The summed E-state index contributed by atoms with van der Waals surface area (Å²) >= 11 is 12.2. The molecular weight excluding hydrogens is 524 g/mol. The summed E-state index contributed by atoms with van der Waals surface area (Å²) < 4.78 is 24.1. The number of aromatic amines is 1. The average Bonchev–Trinajstić information content (AvgIpc) is 3.28. The predicted octanol–water partition coefficient (Wildman–Crippen LogP) is 0.855. The summed E-state index contributed by atoms with van der Waals surface area (Å²) in [4.78, 5) is 32.5. The number of benzene rings is 1. The van der Waals surface area contributed by atoms with Crippen LogP contribution < -0.4 is 11.3 Å². The fourth-order valence-corrected chi connectivity index (χ4v) is 5.64. The van der Waals surface area contributed by atoms with E-state index in [1.54, 1.807) is 0 Å². The number of aliphatic hydroxyl groups is 3. The number of nitrogens with one attached hydrogen (secondary N) is 1. The Hall–Kier alpha value is -1.71. The molecule has 0 radical (unpaired) electrons. The van der Waals surface area contributed by atoms with Crippen LogP contribution in [0.15, 0.2) is 34.2 Å². The molecule has 0 saturated carbocycles. The molecule has 33 heavy (non-hydrogen) atoms. The SMILES string of the molecule is Nc1nc2c(ncn2[C@@H]2O[C@H](C(O)P(=O)(O)OSc3ccc(Cl)cc3Cl)[C@@H](O)[C@H]2O)c(=O)[nH]1. The number of hydrogen-bond donors (Lipinski definition) is 6. The van der Waals surface area contributed by atoms with Crippen molar-refractivity contribution in [1.82, 2.24) is 19.5 Å². The van der Waals surface area contributed by atoms with E-state index in [1.807, 2.05) is 0 Å². The Morgan fingerprint density at radius 3 is 2.76 bits per heavy atom. The number of nitrogen functional groups attached to an aromatic ring is 1. The summed E-state index contributed by atoms with van der Waals surface area (Å²) in [7, 11) is -4.85. The van der Waals surface area contributed by atoms with Crippen molar-refractivity contribution in [2.45, 2.75) is 35.3 Å². The first-order valence-electron chi connectivity index (χ1n) is 9.05. The summed E-state index contributed by atoms with van der Waals surface area (Å²) in [6, 6.07) is 4.30. The number of anilines is 1. The van der Waals surface area contributed by atoms with E-state index >= 15 is 0 Å². The molecular formula is C16H16Cl2N5O8PS. The van der Waals surface area contributed by atoms with Gasteiger partial charge in [-0.1, -0.05) is 23.2 Å². The molecule has 1 aliphatic rings. The van der Waals surface area contributed by atoms with Crippen LogP contribution in [0.25, 0.3) is 11.2 Å². The van der Waals surface area contributed by atoms with Crippen LogP contribution in [0.1, 0.15) is 6.23 Å². The number of aliphatic hydroxyl groups excluding tert-OH is 3. The van der Waals surface area contributed by atoms with E-state index in [9.17, 15) is 29.6 Å². The van der Waals surface area contributed by atoms with Gasteiger partial charge in [0.25, 0.3) is 5.56 Å². The van der Waals surface area contributed by atoms with E-state index in [4.69, 9.17) is 37.6 Å². The summed E-state index contributed by atoms with van der Waals surface area (Å²) in [5.41, 5.74) is 4.70. The van der Waals surface area contributed by atoms with Gasteiger partial charge >= 0.3 is 7.60 Å². The van der Waals surface area contributed by atoms with Crippen molar-refractivity contribution in [2.75, 3.05) is 5.73 Å². The smallest absolute Gasteiger partial charge is 0.370 e. The second kappa shape index (κ2) is 9.15. The number of nitrogens with zero attached hydrogens (tertiary/aromatic N) is 3. The van der Waals surface area contributed by atoms with Gasteiger partial charge in [-0.05, 0) is 18.2 Å². The lowest BCUT2D eigenvalue weighted by Crippen LogP contribution is -2.38. The number of aromatic nitrogens is 4. The minimum Gasteiger partial charge on any atom is -0.387 e. The van der Waals surface area contributed by atoms with Crippen LogP contribution >= 0.6 is 42.8 Å². The van der Waals surface area contributed by atoms with Crippen molar-refractivity contribution in [1.29, 1.82) is 0 Å². The van der Waals surface area contributed by atoms with E-state index < -0.39 is 43.5 Å². The zero-order chi connectivity index (χ0) is 24.1. The molecule has 0 spiro atoms. The van der Waals surface area contributed by atoms with Gasteiger partial charge in [0, 0.05) is 17.1 Å². The van der Waals surface area contributed by atoms with Crippen molar-refractivity contribution in [2.24, 2.45) is 0 Å². The summed E-state index contributed by atoms with van der Waals surface area (Å²) in [6.45, 7) is 0. The maximum atomic E-state index is 12.6. The van der Waals surface area contributed by atoms with E-state index in [0.29, 0.717) is 17.1 Å². The van der Waals surface area contributed by atoms with Crippen molar-refractivity contribution >= 4 is 60.0 Å². The largest absolute Gasteiger partial charge is 0.387 e. The Balaban J connectivity index is 1.54. The minimum atomic E-state index is -4.85. The summed E-state index contributed by atoms with van der Waals surface area (Å²) in [5.74, 6) is -2.49. The van der Waals surface area contributed by atoms with Gasteiger partial charge in [0.15, 0.2) is 23.2 Å². The third kappa shape index (κ3) is 4.64. The second-order valence-corrected chi connectivity index (χ2v) is 10.7. The highest BCUT2D eigenvalue weighted by Gasteiger charge is 2.53. The standard InChI is InChI=1S/C16H16Cl2N5O8PS/c17-5-1-2-7(6(18)3-5)33-31-32(28,29)15(27)11-9(24)10(25)14(30-11)23-4-20-8-12(23)21-16(19)22-13(8)26/h1-4,9-11,14-15,24-25,27H,(H,28,29)(H3,19,21,22,26)/t9-,10+,11-,14+,15?/m0/s1. The normalized spacial score (nSPS) is 25.9. The number of hydrogen-bond acceptors (Lipinski definition) is 11. The molecule has 6 atom stereocenters. The third-order valence-corrected chi connectivity index (χ3v) is 8.07. The molecule has 0 bridgehead atoms. The number of ether oxygens (including phenoxy) is 1. The highest BCUT2D eigenvalue weighted by molar-refractivity contribution is 7.98. The van der Waals surface area contributed by atoms with Crippen LogP contribution in [0.4, 0.5) is 5.95 Å². The maximum Gasteiger partial charge on any atom is 0.370 e. The zero-order valence-electron chi connectivity index (χ0n) is 16.1. The molecule has 2 aromatic heterocycles. The molecule has 1 aromatic carbocycles. The first-order valence-corrected chi connectivity index (χ1v) is 12.2. The summed E-state index contributed by atoms with van der Waals surface area (Å²) in [5, 5.41) is 31.8. The lowest BCUT2D eigenvalue weighted by molar-refractivity contribution is -0.0658. The van der Waals surface area contributed by atoms with Crippen LogP contribution in [0.5, 0.6) is 0 Å². The Labute approximate surface area is 198 Å². The van der Waals surface area contributed by atoms with Crippen LogP contribution in [-0.2, 0) is 13.3 Å². The molecule has 178 valence electrons. The fourth-order valence-electron chi connectivity index (χ4n) is 3.16. The Morgan fingerprint density at radius 2 is 2.06 bits per heavy atom. The first kappa shape index (κ1) is 24.4. The van der Waals surface area contributed by atoms with E-state index in [2.05, 4.69) is 15.0 Å². The summed E-state index contributed by atoms with van der Waals surface area (Å²) in [6.07, 6.45) is -5.57. The number of imidazole rings is 1. The molecule has 0 amide bonds. The van der Waals surface area contributed by atoms with Gasteiger partial charge in [-0.15, -0.1) is 0 Å².